The van der Waals surface area contributed by atoms with Crippen LogP contribution in [0.3, 0.4) is 0 Å². The monoisotopic (exact) mass is 292 g/mol. The highest BCUT2D eigenvalue weighted by molar-refractivity contribution is 5.81. The summed E-state index contributed by atoms with van der Waals surface area (Å²) < 4.78 is 0. The topological polar surface area (TPSA) is 58.2 Å². The number of hydrogen-bond donors (Lipinski definition) is 2. The molecule has 2 amide bonds. The van der Waals surface area contributed by atoms with Gasteiger partial charge in [0.2, 0.25) is 11.8 Å². The molecule has 2 aliphatic carbocycles. The molecular weight excluding hydrogens is 264 g/mol. The van der Waals surface area contributed by atoms with Gasteiger partial charge < -0.3 is 10.6 Å². The summed E-state index contributed by atoms with van der Waals surface area (Å²) in [5.74, 6) is 0.506. The zero-order valence-corrected chi connectivity index (χ0v) is 12.9. The number of nitrogens with one attached hydrogen (secondary N) is 2. The van der Waals surface area contributed by atoms with E-state index in [-0.39, 0.29) is 23.7 Å². The fraction of sp³-hybridized carbons (Fsp3) is 0.765. The number of hydrogen-bond acceptors (Lipinski definition) is 2. The molecule has 0 aromatic carbocycles. The summed E-state index contributed by atoms with van der Waals surface area (Å²) in [4.78, 5) is 24.2. The van der Waals surface area contributed by atoms with Gasteiger partial charge >= 0.3 is 0 Å². The largest absolute Gasteiger partial charge is 0.353 e. The van der Waals surface area contributed by atoms with E-state index in [1.54, 1.807) is 6.08 Å². The van der Waals surface area contributed by atoms with Crippen LogP contribution < -0.4 is 10.6 Å². The Kier molecular flexibility index (Phi) is 6.27. The van der Waals surface area contributed by atoms with E-state index in [1.807, 2.05) is 0 Å². The van der Waals surface area contributed by atoms with E-state index in [2.05, 4.69) is 17.2 Å². The Morgan fingerprint density at radius 2 is 1.48 bits per heavy atom. The first kappa shape index (κ1) is 16.1. The highest BCUT2D eigenvalue weighted by atomic mass is 16.2. The molecule has 0 aromatic rings. The number of carbonyl (C=O) groups excluding carboxylic acids is 2. The van der Waals surface area contributed by atoms with Gasteiger partial charge in [-0.25, -0.2) is 0 Å². The van der Waals surface area contributed by atoms with Gasteiger partial charge in [-0.3, -0.25) is 9.59 Å². The second-order valence-electron chi connectivity index (χ2n) is 6.43. The summed E-state index contributed by atoms with van der Waals surface area (Å²) in [6.07, 6.45) is 11.1. The average Bonchev–Trinajstić information content (AvgIpc) is 2.53. The molecule has 0 bridgehead atoms. The molecule has 2 rings (SSSR count). The van der Waals surface area contributed by atoms with Crippen LogP contribution in [0.1, 0.15) is 57.8 Å². The van der Waals surface area contributed by atoms with Gasteiger partial charge in [-0.05, 0) is 38.5 Å². The predicted molar refractivity (Wildman–Crippen MR) is 83.7 cm³/mol. The molecule has 0 aromatic heterocycles. The molecule has 0 unspecified atom stereocenters. The highest BCUT2D eigenvalue weighted by Crippen LogP contribution is 2.29. The Balaban J connectivity index is 1.71. The lowest BCUT2D eigenvalue weighted by Gasteiger charge is -2.29. The molecule has 4 heteroatoms. The van der Waals surface area contributed by atoms with Crippen LogP contribution in [-0.2, 0) is 9.59 Å². The third kappa shape index (κ3) is 4.87. The van der Waals surface area contributed by atoms with Crippen molar-refractivity contribution in [2.45, 2.75) is 63.8 Å². The molecule has 118 valence electrons. The van der Waals surface area contributed by atoms with Crippen molar-refractivity contribution in [3.8, 4) is 0 Å². The Hall–Kier alpha value is -1.32. The minimum atomic E-state index is 0.0729. The third-order valence-electron chi connectivity index (χ3n) is 4.84. The van der Waals surface area contributed by atoms with Gasteiger partial charge in [0.05, 0.1) is 0 Å². The number of carbonyl (C=O) groups is 2. The van der Waals surface area contributed by atoms with Gasteiger partial charge in [0.25, 0.3) is 0 Å². The minimum Gasteiger partial charge on any atom is -0.353 e. The van der Waals surface area contributed by atoms with E-state index >= 15 is 0 Å². The maximum absolute atomic E-state index is 12.3. The van der Waals surface area contributed by atoms with Crippen molar-refractivity contribution in [2.24, 2.45) is 11.8 Å². The first-order chi connectivity index (χ1) is 10.2. The van der Waals surface area contributed by atoms with E-state index in [9.17, 15) is 9.59 Å². The standard InChI is InChI=1S/C17H28N2O2/c1-2-12-18-16(20)13-8-10-14(11-9-13)17(21)19-15-6-4-3-5-7-15/h2,13-15H,1,3-12H2,(H,18,20)(H,19,21). The summed E-state index contributed by atoms with van der Waals surface area (Å²) in [5.41, 5.74) is 0. The summed E-state index contributed by atoms with van der Waals surface area (Å²) in [5, 5.41) is 6.07. The van der Waals surface area contributed by atoms with Gasteiger partial charge in [-0.1, -0.05) is 25.3 Å². The van der Waals surface area contributed by atoms with Crippen LogP contribution in [-0.4, -0.2) is 24.4 Å². The second kappa shape index (κ2) is 8.20. The Bertz CT molecular complexity index is 367. The van der Waals surface area contributed by atoms with Gasteiger partial charge in [0.15, 0.2) is 0 Å². The molecule has 0 radical (unpaired) electrons. The Labute approximate surface area is 127 Å². The first-order valence-electron chi connectivity index (χ1n) is 8.39. The quantitative estimate of drug-likeness (QED) is 0.765. The van der Waals surface area contributed by atoms with Gasteiger partial charge in [0.1, 0.15) is 0 Å². The fourth-order valence-corrected chi connectivity index (χ4v) is 3.50. The Morgan fingerprint density at radius 3 is 2.05 bits per heavy atom. The van der Waals surface area contributed by atoms with Crippen LogP contribution in [0.5, 0.6) is 0 Å². The second-order valence-corrected chi connectivity index (χ2v) is 6.43. The van der Waals surface area contributed by atoms with Crippen molar-refractivity contribution in [1.82, 2.24) is 10.6 Å². The first-order valence-corrected chi connectivity index (χ1v) is 8.39. The summed E-state index contributed by atoms with van der Waals surface area (Å²) in [7, 11) is 0. The molecule has 2 aliphatic rings. The molecule has 2 N–H and O–H groups in total. The molecule has 2 fully saturated rings. The summed E-state index contributed by atoms with van der Waals surface area (Å²) in [6.45, 7) is 4.13. The van der Waals surface area contributed by atoms with Crippen LogP contribution in [0.15, 0.2) is 12.7 Å². The van der Waals surface area contributed by atoms with Crippen molar-refractivity contribution < 1.29 is 9.59 Å². The van der Waals surface area contributed by atoms with Crippen molar-refractivity contribution in [3.05, 3.63) is 12.7 Å². The van der Waals surface area contributed by atoms with Gasteiger partial charge in [-0.2, -0.15) is 0 Å². The fourth-order valence-electron chi connectivity index (χ4n) is 3.50. The van der Waals surface area contributed by atoms with Crippen molar-refractivity contribution >= 4 is 11.8 Å². The zero-order valence-electron chi connectivity index (χ0n) is 12.9. The van der Waals surface area contributed by atoms with E-state index in [1.165, 1.54) is 19.3 Å². The molecule has 4 nitrogen and oxygen atoms in total. The molecule has 2 saturated carbocycles. The van der Waals surface area contributed by atoms with Crippen LogP contribution in [0.2, 0.25) is 0 Å². The summed E-state index contributed by atoms with van der Waals surface area (Å²) in [6, 6.07) is 0.389. The van der Waals surface area contributed by atoms with Crippen molar-refractivity contribution in [1.29, 1.82) is 0 Å². The summed E-state index contributed by atoms with van der Waals surface area (Å²) >= 11 is 0. The number of amides is 2. The SMILES string of the molecule is C=CCNC(=O)C1CCC(C(=O)NC2CCCCC2)CC1. The maximum Gasteiger partial charge on any atom is 0.223 e. The lowest BCUT2D eigenvalue weighted by atomic mass is 9.81. The average molecular weight is 292 g/mol. The zero-order chi connectivity index (χ0) is 15.1. The number of rotatable bonds is 5. The van der Waals surface area contributed by atoms with Crippen molar-refractivity contribution in [3.63, 3.8) is 0 Å². The van der Waals surface area contributed by atoms with Crippen LogP contribution in [0.4, 0.5) is 0 Å². The van der Waals surface area contributed by atoms with E-state index in [0.717, 1.165) is 38.5 Å². The molecule has 0 atom stereocenters. The third-order valence-corrected chi connectivity index (χ3v) is 4.84. The van der Waals surface area contributed by atoms with E-state index in [4.69, 9.17) is 0 Å². The molecule has 0 aliphatic heterocycles. The lowest BCUT2D eigenvalue weighted by Crippen LogP contribution is -2.42. The van der Waals surface area contributed by atoms with Gasteiger partial charge in [-0.15, -0.1) is 6.58 Å². The molecular formula is C17H28N2O2. The van der Waals surface area contributed by atoms with Gasteiger partial charge in [0, 0.05) is 24.4 Å². The molecule has 21 heavy (non-hydrogen) atoms. The normalized spacial score (nSPS) is 26.9. The molecule has 0 heterocycles. The van der Waals surface area contributed by atoms with E-state index < -0.39 is 0 Å². The molecule has 0 saturated heterocycles. The predicted octanol–water partition coefficient (Wildman–Crippen LogP) is 2.54. The van der Waals surface area contributed by atoms with Crippen LogP contribution in [0.25, 0.3) is 0 Å². The van der Waals surface area contributed by atoms with Crippen molar-refractivity contribution in [2.75, 3.05) is 6.54 Å². The lowest BCUT2D eigenvalue weighted by molar-refractivity contribution is -0.130. The minimum absolute atomic E-state index is 0.0729. The van der Waals surface area contributed by atoms with Crippen LogP contribution in [0, 0.1) is 11.8 Å². The smallest absolute Gasteiger partial charge is 0.223 e. The highest BCUT2D eigenvalue weighted by Gasteiger charge is 2.30. The maximum atomic E-state index is 12.3. The Morgan fingerprint density at radius 1 is 0.905 bits per heavy atom. The molecule has 0 spiro atoms. The van der Waals surface area contributed by atoms with Crippen LogP contribution >= 0.6 is 0 Å². The van der Waals surface area contributed by atoms with E-state index in [0.29, 0.717) is 12.6 Å².